The number of nitro benzene ring substituents is 1. The third-order valence-electron chi connectivity index (χ3n) is 3.79. The zero-order valence-corrected chi connectivity index (χ0v) is 15.7. The molecule has 0 atom stereocenters. The fourth-order valence-electron chi connectivity index (χ4n) is 2.51. The zero-order chi connectivity index (χ0) is 20.3. The highest BCUT2D eigenvalue weighted by molar-refractivity contribution is 7.71. The SMILES string of the molecule is O=c1[nH]c(=S)n(-c2cccc(Cl)c2)c(O)c1C=C=Cc1ccccc1[N+](=O)[O-]. The number of aromatic amines is 1. The van der Waals surface area contributed by atoms with Gasteiger partial charge in [0.05, 0.1) is 16.2 Å². The number of aromatic hydroxyl groups is 1. The van der Waals surface area contributed by atoms with Gasteiger partial charge in [-0.25, -0.2) is 0 Å². The summed E-state index contributed by atoms with van der Waals surface area (Å²) >= 11 is 11.1. The van der Waals surface area contributed by atoms with E-state index >= 15 is 0 Å². The number of nitro groups is 1. The van der Waals surface area contributed by atoms with Crippen LogP contribution in [-0.2, 0) is 0 Å². The first kappa shape index (κ1) is 19.3. The Balaban J connectivity index is 2.13. The van der Waals surface area contributed by atoms with Crippen LogP contribution in [0.25, 0.3) is 17.8 Å². The molecule has 0 unspecified atom stereocenters. The lowest BCUT2D eigenvalue weighted by atomic mass is 10.1. The van der Waals surface area contributed by atoms with E-state index in [1.807, 2.05) is 0 Å². The highest BCUT2D eigenvalue weighted by Crippen LogP contribution is 2.23. The van der Waals surface area contributed by atoms with Crippen molar-refractivity contribution in [3.05, 3.63) is 95.7 Å². The van der Waals surface area contributed by atoms with E-state index in [2.05, 4.69) is 10.7 Å². The number of benzene rings is 2. The van der Waals surface area contributed by atoms with Crippen molar-refractivity contribution in [2.75, 3.05) is 0 Å². The molecule has 7 nitrogen and oxygen atoms in total. The molecule has 0 spiro atoms. The van der Waals surface area contributed by atoms with Crippen molar-refractivity contribution >= 4 is 41.7 Å². The van der Waals surface area contributed by atoms with Crippen LogP contribution in [0, 0.1) is 14.9 Å². The lowest BCUT2D eigenvalue weighted by Gasteiger charge is -2.11. The van der Waals surface area contributed by atoms with Crippen molar-refractivity contribution in [1.29, 1.82) is 0 Å². The van der Waals surface area contributed by atoms with Crippen molar-refractivity contribution < 1.29 is 10.0 Å². The molecule has 0 aliphatic carbocycles. The first-order chi connectivity index (χ1) is 13.4. The molecule has 1 aromatic heterocycles. The van der Waals surface area contributed by atoms with E-state index in [9.17, 15) is 20.0 Å². The molecule has 2 aromatic carbocycles. The van der Waals surface area contributed by atoms with Gasteiger partial charge < -0.3 is 5.11 Å². The first-order valence-corrected chi connectivity index (χ1v) is 8.67. The molecule has 9 heteroatoms. The summed E-state index contributed by atoms with van der Waals surface area (Å²) in [4.78, 5) is 25.2. The fourth-order valence-corrected chi connectivity index (χ4v) is 2.98. The molecule has 0 aliphatic rings. The van der Waals surface area contributed by atoms with Gasteiger partial charge in [-0.3, -0.25) is 24.5 Å². The van der Waals surface area contributed by atoms with Crippen molar-refractivity contribution in [3.8, 4) is 11.6 Å². The number of hydrogen-bond donors (Lipinski definition) is 2. The summed E-state index contributed by atoms with van der Waals surface area (Å²) in [7, 11) is 0. The van der Waals surface area contributed by atoms with Crippen molar-refractivity contribution in [1.82, 2.24) is 9.55 Å². The fraction of sp³-hybridized carbons (Fsp3) is 0. The molecule has 0 saturated heterocycles. The third kappa shape index (κ3) is 3.94. The van der Waals surface area contributed by atoms with E-state index in [-0.39, 0.29) is 16.0 Å². The maximum absolute atomic E-state index is 12.2. The highest BCUT2D eigenvalue weighted by atomic mass is 35.5. The predicted molar refractivity (Wildman–Crippen MR) is 109 cm³/mol. The van der Waals surface area contributed by atoms with E-state index in [4.69, 9.17) is 23.8 Å². The van der Waals surface area contributed by atoms with Gasteiger partial charge in [-0.2, -0.15) is 0 Å². The minimum Gasteiger partial charge on any atom is -0.494 e. The predicted octanol–water partition coefficient (Wildman–Crippen LogP) is 4.49. The number of aromatic nitrogens is 2. The summed E-state index contributed by atoms with van der Waals surface area (Å²) in [6.45, 7) is 0. The smallest absolute Gasteiger partial charge is 0.277 e. The molecule has 140 valence electrons. The standard InChI is InChI=1S/C19H12ClN3O4S/c20-13-7-4-8-14(11-13)22-18(25)15(17(24)21-19(22)28)9-3-6-12-5-1-2-10-16(12)23(26)27/h1-2,4-11,25H,(H,21,24,28). The van der Waals surface area contributed by atoms with E-state index in [1.165, 1.54) is 22.8 Å². The summed E-state index contributed by atoms with van der Waals surface area (Å²) in [5, 5.41) is 22.1. The molecular weight excluding hydrogens is 402 g/mol. The van der Waals surface area contributed by atoms with E-state index in [1.54, 1.807) is 42.5 Å². The van der Waals surface area contributed by atoms with Crippen molar-refractivity contribution in [2.45, 2.75) is 0 Å². The van der Waals surface area contributed by atoms with Gasteiger partial charge in [0.15, 0.2) is 4.77 Å². The molecule has 0 amide bonds. The van der Waals surface area contributed by atoms with Gasteiger partial charge in [0, 0.05) is 11.1 Å². The van der Waals surface area contributed by atoms with Crippen molar-refractivity contribution in [3.63, 3.8) is 0 Å². The Labute approximate surface area is 168 Å². The number of para-hydroxylation sites is 1. The molecule has 3 rings (SSSR count). The Hall–Kier alpha value is -3.45. The monoisotopic (exact) mass is 413 g/mol. The average molecular weight is 414 g/mol. The molecule has 2 N–H and O–H groups in total. The highest BCUT2D eigenvalue weighted by Gasteiger charge is 2.12. The second-order valence-corrected chi connectivity index (χ2v) is 6.41. The van der Waals surface area contributed by atoms with Gasteiger partial charge in [-0.15, -0.1) is 5.73 Å². The quantitative estimate of drug-likeness (QED) is 0.284. The van der Waals surface area contributed by atoms with Crippen LogP contribution in [0.2, 0.25) is 5.02 Å². The van der Waals surface area contributed by atoms with Gasteiger partial charge in [0.2, 0.25) is 5.88 Å². The summed E-state index contributed by atoms with van der Waals surface area (Å²) in [6.07, 6.45) is 2.57. The van der Waals surface area contributed by atoms with Gasteiger partial charge in [-0.1, -0.05) is 29.8 Å². The summed E-state index contributed by atoms with van der Waals surface area (Å²) in [6, 6.07) is 12.7. The first-order valence-electron chi connectivity index (χ1n) is 7.88. The number of rotatable bonds is 4. The Morgan fingerprint density at radius 2 is 1.96 bits per heavy atom. The van der Waals surface area contributed by atoms with Crippen LogP contribution >= 0.6 is 23.8 Å². The summed E-state index contributed by atoms with van der Waals surface area (Å²) in [5.41, 5.74) is 2.64. The van der Waals surface area contributed by atoms with Crippen LogP contribution in [0.15, 0.2) is 59.1 Å². The molecule has 28 heavy (non-hydrogen) atoms. The van der Waals surface area contributed by atoms with Crippen LogP contribution in [-0.4, -0.2) is 19.6 Å². The number of H-pyrrole nitrogens is 1. The minimum absolute atomic E-state index is 0.00964. The minimum atomic E-state index is -0.621. The molecule has 0 saturated carbocycles. The molecule has 0 fully saturated rings. The molecule has 0 bridgehead atoms. The molecule has 0 radical (unpaired) electrons. The Kier molecular flexibility index (Phi) is 5.56. The van der Waals surface area contributed by atoms with Gasteiger partial charge in [-0.05, 0) is 48.6 Å². The van der Waals surface area contributed by atoms with Crippen LogP contribution < -0.4 is 5.56 Å². The van der Waals surface area contributed by atoms with Crippen LogP contribution in [0.3, 0.4) is 0 Å². The van der Waals surface area contributed by atoms with Gasteiger partial charge in [0.25, 0.3) is 11.2 Å². The van der Waals surface area contributed by atoms with E-state index < -0.39 is 16.4 Å². The number of halogens is 1. The lowest BCUT2D eigenvalue weighted by molar-refractivity contribution is -0.385. The largest absolute Gasteiger partial charge is 0.494 e. The summed E-state index contributed by atoms with van der Waals surface area (Å²) in [5.74, 6) is -0.403. The molecule has 3 aromatic rings. The second kappa shape index (κ2) is 8.06. The van der Waals surface area contributed by atoms with Crippen LogP contribution in [0.5, 0.6) is 5.88 Å². The zero-order valence-electron chi connectivity index (χ0n) is 14.1. The Bertz CT molecular complexity index is 1260. The van der Waals surface area contributed by atoms with Gasteiger partial charge >= 0.3 is 0 Å². The Morgan fingerprint density at radius 3 is 2.68 bits per heavy atom. The molecule has 1 heterocycles. The molecular formula is C19H12ClN3O4S. The lowest BCUT2D eigenvalue weighted by Crippen LogP contribution is -2.15. The maximum Gasteiger partial charge on any atom is 0.277 e. The summed E-state index contributed by atoms with van der Waals surface area (Å²) < 4.78 is 1.24. The van der Waals surface area contributed by atoms with Crippen LogP contribution in [0.1, 0.15) is 11.1 Å². The number of nitrogens with one attached hydrogen (secondary N) is 1. The normalized spacial score (nSPS) is 10.2. The van der Waals surface area contributed by atoms with E-state index in [0.29, 0.717) is 16.3 Å². The average Bonchev–Trinajstić information content (AvgIpc) is 2.64. The Morgan fingerprint density at radius 1 is 1.21 bits per heavy atom. The van der Waals surface area contributed by atoms with Crippen LogP contribution in [0.4, 0.5) is 5.69 Å². The number of hydrogen-bond acceptors (Lipinski definition) is 5. The third-order valence-corrected chi connectivity index (χ3v) is 4.31. The second-order valence-electron chi connectivity index (χ2n) is 5.58. The van der Waals surface area contributed by atoms with Gasteiger partial charge in [0.1, 0.15) is 5.56 Å². The van der Waals surface area contributed by atoms with Crippen molar-refractivity contribution in [2.24, 2.45) is 0 Å². The van der Waals surface area contributed by atoms with E-state index in [0.717, 1.165) is 0 Å². The number of nitrogens with zero attached hydrogens (tertiary/aromatic N) is 2. The topological polar surface area (TPSA) is 101 Å². The molecule has 0 aliphatic heterocycles. The maximum atomic E-state index is 12.2.